The Morgan fingerprint density at radius 3 is 1.96 bits per heavy atom. The number of hydrogen-bond acceptors (Lipinski definition) is 4. The molecule has 0 saturated heterocycles. The second kappa shape index (κ2) is 11.9. The van der Waals surface area contributed by atoms with E-state index in [2.05, 4.69) is 144 Å². The Morgan fingerprint density at radius 1 is 0.392 bits per heavy atom. The van der Waals surface area contributed by atoms with Crippen LogP contribution in [0.1, 0.15) is 0 Å². The summed E-state index contributed by atoms with van der Waals surface area (Å²) in [6, 6.07) is 63.5. The number of fused-ring (bicyclic) bond motifs is 5. The Hall–Kier alpha value is -6.91. The monoisotopic (exact) mass is 654 g/mol. The maximum Gasteiger partial charge on any atom is 0.228 e. The maximum atomic E-state index is 6.43. The van der Waals surface area contributed by atoms with Crippen LogP contribution in [-0.4, -0.2) is 4.98 Å². The van der Waals surface area contributed by atoms with Crippen LogP contribution in [0.5, 0.6) is 0 Å². The van der Waals surface area contributed by atoms with Crippen molar-refractivity contribution in [2.75, 3.05) is 4.90 Å². The van der Waals surface area contributed by atoms with Gasteiger partial charge in [-0.15, -0.1) is 0 Å². The Labute approximate surface area is 294 Å². The zero-order valence-corrected chi connectivity index (χ0v) is 27.5. The maximum absolute atomic E-state index is 6.43. The molecule has 0 aliphatic heterocycles. The summed E-state index contributed by atoms with van der Waals surface area (Å²) in [5.41, 5.74) is 11.9. The molecule has 0 unspecified atom stereocenters. The van der Waals surface area contributed by atoms with Crippen LogP contribution in [0, 0.1) is 0 Å². The largest absolute Gasteiger partial charge is 0.456 e. The number of rotatable bonds is 6. The Morgan fingerprint density at radius 2 is 1.06 bits per heavy atom. The van der Waals surface area contributed by atoms with Crippen LogP contribution in [0.15, 0.2) is 191 Å². The summed E-state index contributed by atoms with van der Waals surface area (Å²) in [4.78, 5) is 7.17. The second-order valence-electron chi connectivity index (χ2n) is 12.8. The lowest BCUT2D eigenvalue weighted by Crippen LogP contribution is -2.10. The van der Waals surface area contributed by atoms with E-state index in [0.29, 0.717) is 5.89 Å². The van der Waals surface area contributed by atoms with Crippen molar-refractivity contribution in [1.29, 1.82) is 0 Å². The van der Waals surface area contributed by atoms with Gasteiger partial charge in [-0.1, -0.05) is 115 Å². The van der Waals surface area contributed by atoms with Crippen molar-refractivity contribution >= 4 is 60.9 Å². The van der Waals surface area contributed by atoms with Crippen molar-refractivity contribution in [3.63, 3.8) is 0 Å². The Kier molecular flexibility index (Phi) is 6.78. The lowest BCUT2D eigenvalue weighted by Gasteiger charge is -2.26. The van der Waals surface area contributed by atoms with Gasteiger partial charge in [0.15, 0.2) is 5.58 Å². The predicted octanol–water partition coefficient (Wildman–Crippen LogP) is 13.4. The predicted molar refractivity (Wildman–Crippen MR) is 210 cm³/mol. The molecule has 0 spiro atoms. The molecule has 0 amide bonds. The normalized spacial score (nSPS) is 11.5. The lowest BCUT2D eigenvalue weighted by molar-refractivity contribution is 0.620. The number of para-hydroxylation sites is 2. The SMILES string of the molecule is c1ccc(-c2ccc(N(c3cccc(-c4cccc5ccccc45)c3)c3ccc4oc5cccc(-c6nc7ccccc7o6)c5c4c3)cc2)cc1. The van der Waals surface area contributed by atoms with Gasteiger partial charge in [0.1, 0.15) is 16.7 Å². The molecule has 2 aromatic heterocycles. The van der Waals surface area contributed by atoms with Crippen molar-refractivity contribution in [3.05, 3.63) is 182 Å². The number of oxazole rings is 1. The number of aromatic nitrogens is 1. The van der Waals surface area contributed by atoms with Gasteiger partial charge in [-0.25, -0.2) is 4.98 Å². The van der Waals surface area contributed by atoms with Gasteiger partial charge < -0.3 is 13.7 Å². The molecule has 0 saturated carbocycles. The third-order valence-corrected chi connectivity index (χ3v) is 9.70. The van der Waals surface area contributed by atoms with Gasteiger partial charge in [0, 0.05) is 33.4 Å². The molecule has 51 heavy (non-hydrogen) atoms. The molecule has 0 fully saturated rings. The summed E-state index contributed by atoms with van der Waals surface area (Å²) < 4.78 is 12.7. The molecule has 0 atom stereocenters. The van der Waals surface area contributed by atoms with Gasteiger partial charge >= 0.3 is 0 Å². The zero-order valence-electron chi connectivity index (χ0n) is 27.5. The third kappa shape index (κ3) is 5.04. The summed E-state index contributed by atoms with van der Waals surface area (Å²) >= 11 is 0. The minimum Gasteiger partial charge on any atom is -0.456 e. The molecule has 0 radical (unpaired) electrons. The first-order chi connectivity index (χ1) is 25.3. The highest BCUT2D eigenvalue weighted by molar-refractivity contribution is 6.13. The third-order valence-electron chi connectivity index (χ3n) is 9.70. The molecule has 0 aliphatic rings. The molecular formula is C47H30N2O2. The highest BCUT2D eigenvalue weighted by Crippen LogP contribution is 2.43. The van der Waals surface area contributed by atoms with E-state index in [4.69, 9.17) is 13.8 Å². The molecule has 0 N–H and O–H groups in total. The number of hydrogen-bond donors (Lipinski definition) is 0. The number of nitrogens with zero attached hydrogens (tertiary/aromatic N) is 2. The molecule has 0 aliphatic carbocycles. The van der Waals surface area contributed by atoms with Crippen LogP contribution in [-0.2, 0) is 0 Å². The average molecular weight is 655 g/mol. The van der Waals surface area contributed by atoms with Gasteiger partial charge in [-0.3, -0.25) is 0 Å². The van der Waals surface area contributed by atoms with E-state index < -0.39 is 0 Å². The molecule has 4 heteroatoms. The number of benzene rings is 8. The zero-order chi connectivity index (χ0) is 33.7. The molecule has 2 heterocycles. The van der Waals surface area contributed by atoms with Crippen molar-refractivity contribution in [3.8, 4) is 33.7 Å². The topological polar surface area (TPSA) is 42.4 Å². The van der Waals surface area contributed by atoms with Gasteiger partial charge in [0.25, 0.3) is 0 Å². The summed E-state index contributed by atoms with van der Waals surface area (Å²) in [5, 5.41) is 4.43. The molecule has 8 aromatic carbocycles. The van der Waals surface area contributed by atoms with Crippen molar-refractivity contribution in [2.45, 2.75) is 0 Å². The fourth-order valence-corrected chi connectivity index (χ4v) is 7.29. The summed E-state index contributed by atoms with van der Waals surface area (Å²) in [5.74, 6) is 0.575. The van der Waals surface area contributed by atoms with Crippen LogP contribution in [0.4, 0.5) is 17.1 Å². The van der Waals surface area contributed by atoms with Crippen molar-refractivity contribution < 1.29 is 8.83 Å². The quantitative estimate of drug-likeness (QED) is 0.179. The van der Waals surface area contributed by atoms with E-state index in [1.165, 1.54) is 27.5 Å². The van der Waals surface area contributed by atoms with Crippen molar-refractivity contribution in [1.82, 2.24) is 4.98 Å². The second-order valence-corrected chi connectivity index (χ2v) is 12.8. The molecule has 10 rings (SSSR count). The van der Waals surface area contributed by atoms with E-state index in [9.17, 15) is 0 Å². The highest BCUT2D eigenvalue weighted by Gasteiger charge is 2.20. The van der Waals surface area contributed by atoms with E-state index in [-0.39, 0.29) is 0 Å². The first-order valence-corrected chi connectivity index (χ1v) is 17.1. The van der Waals surface area contributed by atoms with Crippen LogP contribution >= 0.6 is 0 Å². The molecular weight excluding hydrogens is 625 g/mol. The van der Waals surface area contributed by atoms with Crippen molar-refractivity contribution in [2.24, 2.45) is 0 Å². The lowest BCUT2D eigenvalue weighted by atomic mass is 9.97. The van der Waals surface area contributed by atoms with Crippen LogP contribution in [0.3, 0.4) is 0 Å². The van der Waals surface area contributed by atoms with E-state index in [0.717, 1.165) is 61.2 Å². The molecule has 240 valence electrons. The number of furan rings is 1. The van der Waals surface area contributed by atoms with E-state index in [1.54, 1.807) is 0 Å². The van der Waals surface area contributed by atoms with Gasteiger partial charge in [-0.05, 0) is 99.8 Å². The molecule has 4 nitrogen and oxygen atoms in total. The van der Waals surface area contributed by atoms with Crippen LogP contribution < -0.4 is 4.90 Å². The smallest absolute Gasteiger partial charge is 0.228 e. The van der Waals surface area contributed by atoms with Gasteiger partial charge in [0.2, 0.25) is 5.89 Å². The average Bonchev–Trinajstić information content (AvgIpc) is 3.80. The van der Waals surface area contributed by atoms with Gasteiger partial charge in [0.05, 0.1) is 0 Å². The van der Waals surface area contributed by atoms with Crippen LogP contribution in [0.25, 0.3) is 77.5 Å². The first-order valence-electron chi connectivity index (χ1n) is 17.1. The standard InChI is InChI=1S/C47H30N2O2/c1-2-11-31(12-3-1)32-23-25-35(26-24-32)49(36-16-8-15-34(29-36)39-18-9-14-33-13-4-5-17-38(33)39)37-27-28-43-41(30-37)46-40(19-10-22-45(46)50-43)47-48-42-20-6-7-21-44(42)51-47/h1-30H. The summed E-state index contributed by atoms with van der Waals surface area (Å²) in [6.07, 6.45) is 0. The number of anilines is 3. The highest BCUT2D eigenvalue weighted by atomic mass is 16.3. The Balaban J connectivity index is 1.16. The minimum atomic E-state index is 0.575. The van der Waals surface area contributed by atoms with E-state index in [1.807, 2.05) is 42.5 Å². The van der Waals surface area contributed by atoms with Gasteiger partial charge in [-0.2, -0.15) is 0 Å². The first kappa shape index (κ1) is 29.0. The summed E-state index contributed by atoms with van der Waals surface area (Å²) in [7, 11) is 0. The Bertz CT molecular complexity index is 2830. The fraction of sp³-hybridized carbons (Fsp3) is 0. The fourth-order valence-electron chi connectivity index (χ4n) is 7.29. The van der Waals surface area contributed by atoms with Crippen LogP contribution in [0.2, 0.25) is 0 Å². The minimum absolute atomic E-state index is 0.575. The summed E-state index contributed by atoms with van der Waals surface area (Å²) in [6.45, 7) is 0. The molecule has 0 bridgehead atoms. The van der Waals surface area contributed by atoms with E-state index >= 15 is 0 Å². The molecule has 10 aromatic rings.